The van der Waals surface area contributed by atoms with Crippen molar-refractivity contribution >= 4 is 5.97 Å². The summed E-state index contributed by atoms with van der Waals surface area (Å²) >= 11 is 0. The molecule has 1 saturated heterocycles. The van der Waals surface area contributed by atoms with Crippen molar-refractivity contribution in [3.8, 4) is 0 Å². The van der Waals surface area contributed by atoms with Crippen LogP contribution >= 0.6 is 0 Å². The van der Waals surface area contributed by atoms with E-state index >= 15 is 0 Å². The van der Waals surface area contributed by atoms with Crippen molar-refractivity contribution in [2.75, 3.05) is 0 Å². The molecular formula is C28H40O4. The highest BCUT2D eigenvalue weighted by Crippen LogP contribution is 2.28. The average Bonchev–Trinajstić information content (AvgIpc) is 2.77. The van der Waals surface area contributed by atoms with Crippen LogP contribution in [0.3, 0.4) is 0 Å². The van der Waals surface area contributed by atoms with E-state index in [2.05, 4.69) is 44.2 Å². The highest BCUT2D eigenvalue weighted by molar-refractivity contribution is 5.82. The average molecular weight is 441 g/mol. The van der Waals surface area contributed by atoms with Crippen LogP contribution in [0.25, 0.3) is 0 Å². The number of aliphatic hydroxyl groups excluding tert-OH is 1. The van der Waals surface area contributed by atoms with Gasteiger partial charge in [0.05, 0.1) is 18.3 Å². The molecule has 6 atom stereocenters. The lowest BCUT2D eigenvalue weighted by molar-refractivity contribution is -0.141. The Labute approximate surface area is 194 Å². The second-order valence-corrected chi connectivity index (χ2v) is 8.79. The first-order valence-electron chi connectivity index (χ1n) is 11.9. The molecule has 2 aliphatic rings. The summed E-state index contributed by atoms with van der Waals surface area (Å²) in [5.74, 6) is 0.340. The zero-order chi connectivity index (χ0) is 23.3. The fourth-order valence-electron chi connectivity index (χ4n) is 4.00. The highest BCUT2D eigenvalue weighted by atomic mass is 16.5. The van der Waals surface area contributed by atoms with E-state index in [1.165, 1.54) is 11.6 Å². The number of aliphatic hydroxyl groups is 1. The molecule has 0 radical (unpaired) electrons. The van der Waals surface area contributed by atoms with Crippen LogP contribution in [0.2, 0.25) is 0 Å². The van der Waals surface area contributed by atoms with E-state index in [0.29, 0.717) is 12.3 Å². The number of cyclic esters (lactones) is 1. The molecule has 1 fully saturated rings. The van der Waals surface area contributed by atoms with Gasteiger partial charge in [-0.05, 0) is 45.1 Å². The number of ether oxygens (including phenoxy) is 2. The van der Waals surface area contributed by atoms with Gasteiger partial charge in [-0.3, -0.25) is 0 Å². The maximum Gasteiger partial charge on any atom is 0.331 e. The van der Waals surface area contributed by atoms with Gasteiger partial charge in [-0.2, -0.15) is 0 Å². The van der Waals surface area contributed by atoms with Gasteiger partial charge in [0.2, 0.25) is 0 Å². The minimum absolute atomic E-state index is 0.00582. The Hall–Kier alpha value is -2.17. The molecule has 0 aromatic rings. The molecule has 2 heterocycles. The smallest absolute Gasteiger partial charge is 0.331 e. The van der Waals surface area contributed by atoms with Crippen molar-refractivity contribution in [2.45, 2.75) is 84.2 Å². The van der Waals surface area contributed by atoms with Crippen LogP contribution in [-0.2, 0) is 14.3 Å². The second kappa shape index (κ2) is 14.1. The van der Waals surface area contributed by atoms with Crippen LogP contribution in [0.4, 0.5) is 0 Å². The third-order valence-electron chi connectivity index (χ3n) is 6.07. The van der Waals surface area contributed by atoms with Gasteiger partial charge in [0.1, 0.15) is 6.10 Å². The molecule has 0 aromatic carbocycles. The van der Waals surface area contributed by atoms with Crippen LogP contribution in [0.5, 0.6) is 0 Å². The number of rotatable bonds is 10. The molecule has 176 valence electrons. The van der Waals surface area contributed by atoms with Crippen LogP contribution < -0.4 is 0 Å². The van der Waals surface area contributed by atoms with Gasteiger partial charge in [-0.1, -0.05) is 74.1 Å². The maximum absolute atomic E-state index is 11.3. The van der Waals surface area contributed by atoms with Crippen molar-refractivity contribution in [2.24, 2.45) is 11.8 Å². The van der Waals surface area contributed by atoms with Gasteiger partial charge >= 0.3 is 5.97 Å². The molecule has 0 aliphatic carbocycles. The molecule has 0 saturated carbocycles. The monoisotopic (exact) mass is 440 g/mol. The number of carbonyl (C=O) groups is 1. The largest absolute Gasteiger partial charge is 0.455 e. The van der Waals surface area contributed by atoms with E-state index in [0.717, 1.165) is 25.7 Å². The number of hydrogen-bond donors (Lipinski definition) is 1. The Bertz CT molecular complexity index is 755. The normalized spacial score (nSPS) is 30.7. The van der Waals surface area contributed by atoms with Crippen LogP contribution in [0.15, 0.2) is 72.4 Å². The van der Waals surface area contributed by atoms with E-state index in [1.807, 2.05) is 44.2 Å². The van der Waals surface area contributed by atoms with E-state index in [1.54, 1.807) is 0 Å². The minimum atomic E-state index is -0.310. The topological polar surface area (TPSA) is 55.8 Å². The van der Waals surface area contributed by atoms with E-state index in [4.69, 9.17) is 9.47 Å². The molecule has 2 rings (SSSR count). The first-order chi connectivity index (χ1) is 15.4. The molecule has 32 heavy (non-hydrogen) atoms. The van der Waals surface area contributed by atoms with Crippen LogP contribution in [0, 0.1) is 11.8 Å². The van der Waals surface area contributed by atoms with E-state index in [9.17, 15) is 9.90 Å². The quantitative estimate of drug-likeness (QED) is 0.257. The molecule has 0 amide bonds. The summed E-state index contributed by atoms with van der Waals surface area (Å²) in [5.41, 5.74) is 1.18. The van der Waals surface area contributed by atoms with Crippen molar-refractivity contribution < 1.29 is 19.4 Å². The Morgan fingerprint density at radius 1 is 1.28 bits per heavy atom. The summed E-state index contributed by atoms with van der Waals surface area (Å²) < 4.78 is 11.4. The van der Waals surface area contributed by atoms with Gasteiger partial charge in [-0.15, -0.1) is 0 Å². The lowest BCUT2D eigenvalue weighted by Gasteiger charge is -2.36. The lowest BCUT2D eigenvalue weighted by Crippen LogP contribution is -2.41. The second-order valence-electron chi connectivity index (χ2n) is 8.79. The third kappa shape index (κ3) is 9.13. The molecule has 1 N–H and O–H groups in total. The van der Waals surface area contributed by atoms with E-state index in [-0.39, 0.29) is 36.3 Å². The molecule has 2 aliphatic heterocycles. The summed E-state index contributed by atoms with van der Waals surface area (Å²) in [5, 5.41) is 10.3. The van der Waals surface area contributed by atoms with Crippen molar-refractivity contribution in [1.82, 2.24) is 0 Å². The first-order valence-corrected chi connectivity index (χ1v) is 11.9. The lowest BCUT2D eigenvalue weighted by atomic mass is 9.89. The number of hydrogen-bond acceptors (Lipinski definition) is 4. The fourth-order valence-corrected chi connectivity index (χ4v) is 4.00. The van der Waals surface area contributed by atoms with Gasteiger partial charge in [-0.25, -0.2) is 4.79 Å². The van der Waals surface area contributed by atoms with Gasteiger partial charge < -0.3 is 14.6 Å². The Morgan fingerprint density at radius 3 is 2.78 bits per heavy atom. The number of allylic oxidation sites excluding steroid dienone is 7. The van der Waals surface area contributed by atoms with Crippen molar-refractivity contribution in [3.05, 3.63) is 72.4 Å². The molecular weight excluding hydrogens is 400 g/mol. The van der Waals surface area contributed by atoms with E-state index < -0.39 is 0 Å². The maximum atomic E-state index is 11.3. The predicted octanol–water partition coefficient (Wildman–Crippen LogP) is 6.01. The van der Waals surface area contributed by atoms with Gasteiger partial charge in [0.25, 0.3) is 0 Å². The molecule has 0 spiro atoms. The predicted molar refractivity (Wildman–Crippen MR) is 131 cm³/mol. The van der Waals surface area contributed by atoms with Crippen molar-refractivity contribution in [1.29, 1.82) is 0 Å². The summed E-state index contributed by atoms with van der Waals surface area (Å²) in [4.78, 5) is 11.3. The number of esters is 1. The zero-order valence-electron chi connectivity index (χ0n) is 20.0. The molecule has 6 unspecified atom stereocenters. The summed E-state index contributed by atoms with van der Waals surface area (Å²) in [7, 11) is 0. The van der Waals surface area contributed by atoms with Crippen LogP contribution in [-0.4, -0.2) is 35.5 Å². The SMILES string of the molecule is CC=CC1OC(CC=CC=CCC(C=C(C)C=CC2CC=CC(=O)O2)CC)CC(O)C1C. The Balaban J connectivity index is 1.76. The Kier molecular flexibility index (Phi) is 11.5. The fraction of sp³-hybridized carbons (Fsp3) is 0.536. The van der Waals surface area contributed by atoms with Gasteiger partial charge in [0.15, 0.2) is 0 Å². The summed E-state index contributed by atoms with van der Waals surface area (Å²) in [6, 6.07) is 0. The molecule has 0 aromatic heterocycles. The standard InChI is InChI=1S/C28H40O4/c1-5-12-27-22(4)26(29)20-25(31-27)14-10-8-7-9-13-23(6-2)19-21(3)17-18-24-15-11-16-28(30)32-24/h5,7-12,16-19,22-27,29H,6,13-15,20H2,1-4H3. The van der Waals surface area contributed by atoms with Crippen LogP contribution in [0.1, 0.15) is 59.8 Å². The first kappa shape index (κ1) is 26.1. The Morgan fingerprint density at radius 2 is 2.06 bits per heavy atom. The van der Waals surface area contributed by atoms with Crippen molar-refractivity contribution in [3.63, 3.8) is 0 Å². The molecule has 0 bridgehead atoms. The van der Waals surface area contributed by atoms with Gasteiger partial charge in [0, 0.05) is 24.8 Å². The zero-order valence-corrected chi connectivity index (χ0v) is 20.0. The number of carbonyl (C=O) groups excluding carboxylic acids is 1. The minimum Gasteiger partial charge on any atom is -0.455 e. The highest BCUT2D eigenvalue weighted by Gasteiger charge is 2.32. The molecule has 4 nitrogen and oxygen atoms in total. The third-order valence-corrected chi connectivity index (χ3v) is 6.07. The summed E-state index contributed by atoms with van der Waals surface area (Å²) in [6.45, 7) is 8.31. The molecule has 4 heteroatoms. The summed E-state index contributed by atoms with van der Waals surface area (Å²) in [6.07, 6.45) is 26.0.